The number of methoxy groups -OCH3 is 6. The number of hydrogen-bond donors (Lipinski definition) is 12. The lowest BCUT2D eigenvalue weighted by Gasteiger charge is -2.23. The summed E-state index contributed by atoms with van der Waals surface area (Å²) in [4.78, 5) is 124. The van der Waals surface area contributed by atoms with Crippen LogP contribution < -0.4 is 28.4 Å². The number of fused-ring (bicyclic) bond motifs is 12. The molecule has 30 heteroatoms. The minimum atomic E-state index is -4.82. The van der Waals surface area contributed by atoms with Crippen LogP contribution in [-0.2, 0) is 103 Å². The smallest absolute Gasteiger partial charge is 0.329 e. The van der Waals surface area contributed by atoms with Crippen molar-refractivity contribution in [2.24, 2.45) is 0 Å². The predicted molar refractivity (Wildman–Crippen MR) is 309 cm³/mol. The maximum Gasteiger partial charge on any atom is 0.329 e. The summed E-state index contributed by atoms with van der Waals surface area (Å²) in [5.41, 5.74) is 4.09. The molecular weight excluding hydrogens is 1220 g/mol. The molecule has 0 heterocycles. The first-order valence-corrected chi connectivity index (χ1v) is 36.1. The summed E-state index contributed by atoms with van der Waals surface area (Å²) in [6, 6.07) is 17.8. The van der Waals surface area contributed by atoms with Gasteiger partial charge in [-0.15, -0.1) is 0 Å². The first-order valence-electron chi connectivity index (χ1n) is 25.4. The molecule has 0 spiro atoms. The molecule has 84 heavy (non-hydrogen) atoms. The molecule has 456 valence electrons. The molecule has 0 atom stereocenters. The van der Waals surface area contributed by atoms with Crippen molar-refractivity contribution in [1.29, 1.82) is 0 Å². The average molecular weight is 1280 g/mol. The van der Waals surface area contributed by atoms with Crippen molar-refractivity contribution >= 4 is 45.6 Å². The van der Waals surface area contributed by atoms with Gasteiger partial charge in [-0.25, -0.2) is 0 Å². The molecule has 6 aromatic carbocycles. The second kappa shape index (κ2) is 26.2. The van der Waals surface area contributed by atoms with E-state index in [0.717, 1.165) is 0 Å². The fourth-order valence-electron chi connectivity index (χ4n) is 11.3. The van der Waals surface area contributed by atoms with Gasteiger partial charge in [0, 0.05) is 38.5 Å². The SMILES string of the molecule is COc1c2cc(CP(=O)(O)O)cc1Cc1cc(CP(=O)(O)O)cc(c1OC)Cc1cc(CP(=O)(O)O)cc(c1OC)Cc1cc(CP(=O)(O)O)cc(c1OC)Cc1cc(CP(=O)(O)O)cc(c1OC)Cc1cc(CP(=O)(O)O)cc(c1OC)C2. The highest BCUT2D eigenvalue weighted by molar-refractivity contribution is 7.52. The third kappa shape index (κ3) is 18.1. The summed E-state index contributed by atoms with van der Waals surface area (Å²) >= 11 is 0. The monoisotopic (exact) mass is 1280 g/mol. The first-order chi connectivity index (χ1) is 39.0. The molecular formula is C54H66O24P6. The Morgan fingerprint density at radius 2 is 0.333 bits per heavy atom. The maximum atomic E-state index is 12.8. The van der Waals surface area contributed by atoms with Crippen LogP contribution in [0, 0.1) is 0 Å². The van der Waals surface area contributed by atoms with E-state index in [-0.39, 0.29) is 173 Å². The van der Waals surface area contributed by atoms with Crippen molar-refractivity contribution < 1.29 is 115 Å². The Labute approximate surface area is 483 Å². The van der Waals surface area contributed by atoms with E-state index in [1.165, 1.54) is 115 Å². The molecule has 0 unspecified atom stereocenters. The summed E-state index contributed by atoms with van der Waals surface area (Å²) in [6.07, 6.45) is -5.85. The van der Waals surface area contributed by atoms with Crippen LogP contribution >= 0.6 is 45.6 Å². The van der Waals surface area contributed by atoms with E-state index in [1.54, 1.807) is 0 Å². The summed E-state index contributed by atoms with van der Waals surface area (Å²) < 4.78 is 113. The maximum absolute atomic E-state index is 12.8. The van der Waals surface area contributed by atoms with Crippen LogP contribution in [0.25, 0.3) is 0 Å². The largest absolute Gasteiger partial charge is 0.496 e. The number of ether oxygens (including phenoxy) is 6. The minimum Gasteiger partial charge on any atom is -0.496 e. The fraction of sp³-hybridized carbons (Fsp3) is 0.333. The Bertz CT molecular complexity index is 3020. The summed E-state index contributed by atoms with van der Waals surface area (Å²) in [6.45, 7) is 0. The topological polar surface area (TPSA) is 401 Å². The van der Waals surface area contributed by atoms with Gasteiger partial charge in [0.15, 0.2) is 0 Å². The van der Waals surface area contributed by atoms with E-state index in [0.29, 0.717) is 0 Å². The van der Waals surface area contributed by atoms with Crippen molar-refractivity contribution in [3.05, 3.63) is 173 Å². The minimum absolute atomic E-state index is 0.111. The lowest BCUT2D eigenvalue weighted by atomic mass is 9.88. The molecule has 6 aromatic rings. The Morgan fingerprint density at radius 1 is 0.238 bits per heavy atom. The van der Waals surface area contributed by atoms with Gasteiger partial charge in [-0.3, -0.25) is 27.4 Å². The zero-order valence-corrected chi connectivity index (χ0v) is 51.7. The summed E-state index contributed by atoms with van der Waals surface area (Å²) in [7, 11) is -20.9. The van der Waals surface area contributed by atoms with Gasteiger partial charge in [0.25, 0.3) is 0 Å². The van der Waals surface area contributed by atoms with E-state index in [4.69, 9.17) is 28.4 Å². The normalized spacial score (nSPS) is 13.6. The molecule has 0 fully saturated rings. The fourth-order valence-corrected chi connectivity index (χ4v) is 15.3. The molecule has 0 saturated carbocycles. The molecule has 12 N–H and O–H groups in total. The average Bonchev–Trinajstić information content (AvgIpc) is 2.79. The summed E-state index contributed by atoms with van der Waals surface area (Å²) in [5, 5.41) is 0. The molecule has 1 aliphatic rings. The van der Waals surface area contributed by atoms with E-state index in [9.17, 15) is 86.1 Å². The molecule has 0 aromatic heterocycles. The van der Waals surface area contributed by atoms with Gasteiger partial charge >= 0.3 is 45.6 Å². The first kappa shape index (κ1) is 66.5. The van der Waals surface area contributed by atoms with Crippen LogP contribution in [0.2, 0.25) is 0 Å². The van der Waals surface area contributed by atoms with Gasteiger partial charge in [-0.2, -0.15) is 0 Å². The van der Waals surface area contributed by atoms with E-state index < -0.39 is 82.5 Å². The molecule has 1 aliphatic carbocycles. The molecule has 12 bridgehead atoms. The van der Waals surface area contributed by atoms with Gasteiger partial charge < -0.3 is 87.1 Å². The molecule has 0 radical (unpaired) electrons. The van der Waals surface area contributed by atoms with Crippen molar-refractivity contribution in [3.8, 4) is 34.5 Å². The Kier molecular flexibility index (Phi) is 20.7. The third-order valence-corrected chi connectivity index (χ3v) is 18.3. The number of rotatable bonds is 18. The van der Waals surface area contributed by atoms with Gasteiger partial charge in [0.2, 0.25) is 0 Å². The lowest BCUT2D eigenvalue weighted by Crippen LogP contribution is -2.09. The van der Waals surface area contributed by atoms with Gasteiger partial charge in [0.1, 0.15) is 34.5 Å². The van der Waals surface area contributed by atoms with Gasteiger partial charge in [0.05, 0.1) is 79.6 Å². The zero-order chi connectivity index (χ0) is 62.1. The highest BCUT2D eigenvalue weighted by Crippen LogP contribution is 2.50. The predicted octanol–water partition coefficient (Wildman–Crippen LogP) is 7.66. The van der Waals surface area contributed by atoms with E-state index in [2.05, 4.69) is 0 Å². The van der Waals surface area contributed by atoms with Crippen LogP contribution in [0.3, 0.4) is 0 Å². The quantitative estimate of drug-likeness (QED) is 0.0367. The standard InChI is InChI=1S/C54H66O24P6/c1-73-49-37-7-31(25-79(55,56)57)8-38(49)20-40-10-33(27-81(61,62)63)12-42(51(40)75-3)22-44-14-35(29-83(67,68)69)16-46(53(44)77-5)24-48-18-36(30-84(70,71)72)17-47(54(48)78-6)23-45-15-34(28-82(64,65)66)13-43(52(45)76-4)21-41-11-32(26-80(58,59)60)9-39(19-37)50(41)74-2/h7-18H,19-30H2,1-6H3,(H2,55,56,57)(H2,58,59,60)(H2,61,62,63)(H2,64,65,66)(H2,67,68,69)(H2,70,71,72). The Balaban J connectivity index is 1.65. The number of benzene rings is 6. The van der Waals surface area contributed by atoms with Crippen molar-refractivity contribution in [3.63, 3.8) is 0 Å². The van der Waals surface area contributed by atoms with Crippen LogP contribution in [0.15, 0.2) is 72.8 Å². The molecule has 0 amide bonds. The lowest BCUT2D eigenvalue weighted by molar-refractivity contribution is 0.369. The Hall–Kier alpha value is -4.98. The highest BCUT2D eigenvalue weighted by atomic mass is 31.2. The summed E-state index contributed by atoms with van der Waals surface area (Å²) in [5.74, 6) is 0.930. The van der Waals surface area contributed by atoms with Crippen molar-refractivity contribution in [2.75, 3.05) is 42.7 Å². The van der Waals surface area contributed by atoms with Crippen molar-refractivity contribution in [2.45, 2.75) is 75.5 Å². The molecule has 0 saturated heterocycles. The van der Waals surface area contributed by atoms with Crippen LogP contribution in [0.4, 0.5) is 0 Å². The number of hydrogen-bond acceptors (Lipinski definition) is 12. The van der Waals surface area contributed by atoms with Crippen LogP contribution in [0.1, 0.15) is 100 Å². The molecule has 24 nitrogen and oxygen atoms in total. The van der Waals surface area contributed by atoms with E-state index in [1.807, 2.05) is 0 Å². The van der Waals surface area contributed by atoms with Crippen LogP contribution in [-0.4, -0.2) is 101 Å². The van der Waals surface area contributed by atoms with Gasteiger partial charge in [-0.1, -0.05) is 72.8 Å². The van der Waals surface area contributed by atoms with Crippen LogP contribution in [0.5, 0.6) is 34.5 Å². The molecule has 0 aliphatic heterocycles. The molecule has 7 rings (SSSR count). The van der Waals surface area contributed by atoms with Crippen molar-refractivity contribution in [1.82, 2.24) is 0 Å². The Morgan fingerprint density at radius 3 is 0.405 bits per heavy atom. The van der Waals surface area contributed by atoms with Gasteiger partial charge in [-0.05, 0) is 100 Å². The third-order valence-electron chi connectivity index (χ3n) is 13.7. The zero-order valence-electron chi connectivity index (χ0n) is 46.4. The second-order valence-corrected chi connectivity index (χ2v) is 30.6. The van der Waals surface area contributed by atoms with E-state index >= 15 is 0 Å². The highest BCUT2D eigenvalue weighted by Gasteiger charge is 2.30. The second-order valence-electron chi connectivity index (χ2n) is 20.7.